The molecule has 0 spiro atoms. The first-order valence-corrected chi connectivity index (χ1v) is 9.79. The molecule has 0 aromatic heterocycles. The van der Waals surface area contributed by atoms with E-state index >= 15 is 0 Å². The average molecular weight is 398 g/mol. The fourth-order valence-electron chi connectivity index (χ4n) is 3.69. The summed E-state index contributed by atoms with van der Waals surface area (Å²) >= 11 is 0. The number of nitrogens with one attached hydrogen (secondary N) is 1. The van der Waals surface area contributed by atoms with Gasteiger partial charge in [0, 0.05) is 24.2 Å². The third-order valence-corrected chi connectivity index (χ3v) is 5.09. The molecular formula is C23H27FN2O3. The van der Waals surface area contributed by atoms with Gasteiger partial charge < -0.3 is 19.7 Å². The van der Waals surface area contributed by atoms with Crippen molar-refractivity contribution < 1.29 is 18.7 Å². The van der Waals surface area contributed by atoms with Crippen molar-refractivity contribution in [2.24, 2.45) is 0 Å². The van der Waals surface area contributed by atoms with Crippen LogP contribution in [0.15, 0.2) is 43.0 Å². The molecule has 0 saturated carbocycles. The van der Waals surface area contributed by atoms with Gasteiger partial charge >= 0.3 is 0 Å². The number of halogens is 1. The lowest BCUT2D eigenvalue weighted by atomic mass is 10.0. The number of carbonyl (C=O) groups excluding carboxylic acids is 1. The number of rotatable bonds is 7. The van der Waals surface area contributed by atoms with Crippen molar-refractivity contribution in [1.29, 1.82) is 0 Å². The van der Waals surface area contributed by atoms with Crippen LogP contribution in [0.3, 0.4) is 0 Å². The maximum atomic E-state index is 13.9. The Balaban J connectivity index is 1.93. The number of benzene rings is 2. The summed E-state index contributed by atoms with van der Waals surface area (Å²) in [7, 11) is 3.08. The summed E-state index contributed by atoms with van der Waals surface area (Å²) in [4.78, 5) is 15.2. The maximum absolute atomic E-state index is 13.9. The van der Waals surface area contributed by atoms with Crippen molar-refractivity contribution >= 4 is 17.3 Å². The van der Waals surface area contributed by atoms with Gasteiger partial charge in [0.1, 0.15) is 5.82 Å². The highest BCUT2D eigenvalue weighted by molar-refractivity contribution is 6.06. The summed E-state index contributed by atoms with van der Waals surface area (Å²) in [5.74, 6) is 0.317. The fourth-order valence-corrected chi connectivity index (χ4v) is 3.69. The minimum Gasteiger partial charge on any atom is -0.493 e. The van der Waals surface area contributed by atoms with Crippen molar-refractivity contribution in [3.63, 3.8) is 0 Å². The Hall–Kier alpha value is -3.02. The minimum absolute atomic E-state index is 0.333. The van der Waals surface area contributed by atoms with E-state index in [1.54, 1.807) is 31.4 Å². The van der Waals surface area contributed by atoms with Crippen molar-refractivity contribution in [3.05, 3.63) is 59.9 Å². The second kappa shape index (κ2) is 9.45. The van der Waals surface area contributed by atoms with E-state index in [1.165, 1.54) is 25.7 Å². The molecule has 2 aromatic carbocycles. The van der Waals surface area contributed by atoms with Crippen LogP contribution in [0.2, 0.25) is 0 Å². The van der Waals surface area contributed by atoms with Gasteiger partial charge in [0.15, 0.2) is 11.5 Å². The first kappa shape index (κ1) is 20.7. The molecular weight excluding hydrogens is 371 g/mol. The normalized spacial score (nSPS) is 13.7. The number of carbonyl (C=O) groups is 1. The van der Waals surface area contributed by atoms with Gasteiger partial charge in [-0.1, -0.05) is 6.08 Å². The minimum atomic E-state index is -0.388. The van der Waals surface area contributed by atoms with E-state index in [4.69, 9.17) is 9.47 Å². The van der Waals surface area contributed by atoms with Gasteiger partial charge in [0.05, 0.1) is 25.6 Å². The molecule has 1 amide bonds. The van der Waals surface area contributed by atoms with E-state index in [1.807, 2.05) is 0 Å². The summed E-state index contributed by atoms with van der Waals surface area (Å²) in [5.41, 5.74) is 2.51. The molecule has 1 heterocycles. The molecule has 0 radical (unpaired) electrons. The first-order chi connectivity index (χ1) is 14.1. The van der Waals surface area contributed by atoms with Crippen LogP contribution in [0.25, 0.3) is 0 Å². The Bertz CT molecular complexity index is 892. The van der Waals surface area contributed by atoms with E-state index in [0.717, 1.165) is 37.2 Å². The molecule has 1 N–H and O–H groups in total. The van der Waals surface area contributed by atoms with Crippen molar-refractivity contribution in [3.8, 4) is 11.5 Å². The van der Waals surface area contributed by atoms with Crippen LogP contribution >= 0.6 is 0 Å². The third kappa shape index (κ3) is 4.70. The number of anilines is 2. The van der Waals surface area contributed by atoms with Gasteiger partial charge in [-0.05, 0) is 56.0 Å². The molecule has 29 heavy (non-hydrogen) atoms. The highest BCUT2D eigenvalue weighted by Crippen LogP contribution is 2.34. The van der Waals surface area contributed by atoms with E-state index in [2.05, 4.69) is 16.8 Å². The number of amides is 1. The van der Waals surface area contributed by atoms with Gasteiger partial charge in [-0.15, -0.1) is 6.58 Å². The van der Waals surface area contributed by atoms with E-state index in [0.29, 0.717) is 29.2 Å². The number of methoxy groups -OCH3 is 2. The number of ether oxygens (including phenoxy) is 2. The molecule has 0 atom stereocenters. The molecule has 0 bridgehead atoms. The number of hydrogen-bond donors (Lipinski definition) is 1. The summed E-state index contributed by atoms with van der Waals surface area (Å²) in [6.45, 7) is 5.55. The van der Waals surface area contributed by atoms with Crippen molar-refractivity contribution in [2.45, 2.75) is 25.7 Å². The van der Waals surface area contributed by atoms with Crippen LogP contribution in [-0.2, 0) is 6.42 Å². The van der Waals surface area contributed by atoms with Crippen LogP contribution < -0.4 is 19.7 Å². The van der Waals surface area contributed by atoms with Gasteiger partial charge in [-0.2, -0.15) is 0 Å². The van der Waals surface area contributed by atoms with Gasteiger partial charge in [0.2, 0.25) is 0 Å². The molecule has 1 fully saturated rings. The summed E-state index contributed by atoms with van der Waals surface area (Å²) in [6, 6.07) is 7.90. The molecule has 1 aliphatic heterocycles. The number of nitrogens with zero attached hydrogens (tertiary/aromatic N) is 1. The van der Waals surface area contributed by atoms with Crippen LogP contribution in [0.5, 0.6) is 11.5 Å². The first-order valence-electron chi connectivity index (χ1n) is 9.79. The lowest BCUT2D eigenvalue weighted by Gasteiger charge is -2.30. The Morgan fingerprint density at radius 2 is 1.93 bits per heavy atom. The largest absolute Gasteiger partial charge is 0.493 e. The second-order valence-corrected chi connectivity index (χ2v) is 7.03. The second-order valence-electron chi connectivity index (χ2n) is 7.03. The molecule has 2 aromatic rings. The van der Waals surface area contributed by atoms with E-state index in [-0.39, 0.29) is 11.7 Å². The van der Waals surface area contributed by atoms with Crippen LogP contribution in [0, 0.1) is 5.82 Å². The zero-order valence-electron chi connectivity index (χ0n) is 17.0. The summed E-state index contributed by atoms with van der Waals surface area (Å²) in [5, 5.41) is 2.88. The Morgan fingerprint density at radius 3 is 2.59 bits per heavy atom. The Labute approximate surface area is 171 Å². The lowest BCUT2D eigenvalue weighted by Crippen LogP contribution is -2.30. The monoisotopic (exact) mass is 398 g/mol. The molecule has 6 heteroatoms. The van der Waals surface area contributed by atoms with Crippen LogP contribution in [-0.4, -0.2) is 33.2 Å². The maximum Gasteiger partial charge on any atom is 0.255 e. The molecule has 1 aliphatic rings. The number of piperidine rings is 1. The Morgan fingerprint density at radius 1 is 1.17 bits per heavy atom. The number of hydrogen-bond acceptors (Lipinski definition) is 4. The third-order valence-electron chi connectivity index (χ3n) is 5.09. The molecule has 154 valence electrons. The van der Waals surface area contributed by atoms with Crippen LogP contribution in [0.4, 0.5) is 15.8 Å². The number of allylic oxidation sites excluding steroid dienone is 1. The quantitative estimate of drug-likeness (QED) is 0.680. The van der Waals surface area contributed by atoms with Crippen molar-refractivity contribution in [1.82, 2.24) is 0 Å². The zero-order valence-corrected chi connectivity index (χ0v) is 17.0. The fraction of sp³-hybridized carbons (Fsp3) is 0.348. The predicted molar refractivity (Wildman–Crippen MR) is 114 cm³/mol. The molecule has 0 unspecified atom stereocenters. The summed E-state index contributed by atoms with van der Waals surface area (Å²) in [6.07, 6.45) is 5.63. The molecule has 1 saturated heterocycles. The van der Waals surface area contributed by atoms with E-state index < -0.39 is 0 Å². The van der Waals surface area contributed by atoms with Gasteiger partial charge in [-0.3, -0.25) is 4.79 Å². The highest BCUT2D eigenvalue weighted by Gasteiger charge is 2.19. The smallest absolute Gasteiger partial charge is 0.255 e. The zero-order chi connectivity index (χ0) is 20.8. The van der Waals surface area contributed by atoms with Gasteiger partial charge in [-0.25, -0.2) is 4.39 Å². The predicted octanol–water partition coefficient (Wildman–Crippen LogP) is 4.81. The highest BCUT2D eigenvalue weighted by atomic mass is 19.1. The molecule has 5 nitrogen and oxygen atoms in total. The molecule has 3 rings (SSSR count). The standard InChI is InChI=1S/C23H27FN2O3/c1-4-8-16-13-17(14-21(28-2)22(16)29-3)23(27)25-19-15-18(24)9-10-20(19)26-11-6-5-7-12-26/h4,9-10,13-15H,1,5-8,11-12H2,2-3H3,(H,25,27). The van der Waals surface area contributed by atoms with Crippen LogP contribution in [0.1, 0.15) is 35.2 Å². The average Bonchev–Trinajstić information content (AvgIpc) is 2.74. The van der Waals surface area contributed by atoms with E-state index in [9.17, 15) is 9.18 Å². The van der Waals surface area contributed by atoms with Crippen molar-refractivity contribution in [2.75, 3.05) is 37.5 Å². The lowest BCUT2D eigenvalue weighted by molar-refractivity contribution is 0.102. The topological polar surface area (TPSA) is 50.8 Å². The Kier molecular flexibility index (Phi) is 6.75. The SMILES string of the molecule is C=CCc1cc(C(=O)Nc2cc(F)ccc2N2CCCCC2)cc(OC)c1OC. The molecule has 0 aliphatic carbocycles. The van der Waals surface area contributed by atoms with Gasteiger partial charge in [0.25, 0.3) is 5.91 Å². The summed E-state index contributed by atoms with van der Waals surface area (Å²) < 4.78 is 24.8.